The minimum atomic E-state index is -0.672. The smallest absolute Gasteiger partial charge is 0.162 e. The highest BCUT2D eigenvalue weighted by molar-refractivity contribution is 5.98. The fourth-order valence-corrected chi connectivity index (χ4v) is 4.91. The molecule has 5 heterocycles. The number of aromatic nitrogens is 4. The molecule has 170 valence electrons. The summed E-state index contributed by atoms with van der Waals surface area (Å²) in [4.78, 5) is 16.2. The van der Waals surface area contributed by atoms with Crippen LogP contribution in [-0.4, -0.2) is 81.7 Å². The van der Waals surface area contributed by atoms with Crippen LogP contribution in [0.15, 0.2) is 36.8 Å². The first-order chi connectivity index (χ1) is 16.0. The predicted octanol–water partition coefficient (Wildman–Crippen LogP) is 2.97. The molecule has 33 heavy (non-hydrogen) atoms. The highest BCUT2D eigenvalue weighted by Gasteiger charge is 2.33. The summed E-state index contributed by atoms with van der Waals surface area (Å²) in [6.45, 7) is 8.25. The summed E-state index contributed by atoms with van der Waals surface area (Å²) in [7, 11) is 2.17. The van der Waals surface area contributed by atoms with Crippen LogP contribution in [0.2, 0.25) is 0 Å². The first-order valence-electron chi connectivity index (χ1n) is 11.2. The number of hydrogen-bond donors (Lipinski definition) is 0. The molecule has 2 aliphatic rings. The number of rotatable bonds is 3. The predicted molar refractivity (Wildman–Crippen MR) is 123 cm³/mol. The maximum Gasteiger partial charge on any atom is 0.162 e. The second-order valence-electron chi connectivity index (χ2n) is 9.13. The Morgan fingerprint density at radius 2 is 1.76 bits per heavy atom. The number of fused-ring (bicyclic) bond motifs is 2. The normalized spacial score (nSPS) is 18.4. The van der Waals surface area contributed by atoms with Crippen molar-refractivity contribution >= 4 is 22.2 Å². The number of hydrogen-bond acceptors (Lipinski definition) is 6. The molecule has 2 fully saturated rings. The molecule has 4 aromatic rings. The molecule has 9 heteroatoms. The van der Waals surface area contributed by atoms with Crippen molar-refractivity contribution in [2.24, 2.45) is 0 Å². The van der Waals surface area contributed by atoms with Gasteiger partial charge in [0.05, 0.1) is 24.3 Å². The van der Waals surface area contributed by atoms with E-state index < -0.39 is 11.6 Å². The molecule has 3 aromatic heterocycles. The van der Waals surface area contributed by atoms with E-state index in [4.69, 9.17) is 0 Å². The van der Waals surface area contributed by atoms with Crippen molar-refractivity contribution in [2.45, 2.75) is 13.0 Å². The maximum absolute atomic E-state index is 14.4. The van der Waals surface area contributed by atoms with Crippen LogP contribution in [0.4, 0.5) is 14.5 Å². The fourth-order valence-electron chi connectivity index (χ4n) is 4.91. The topological polar surface area (TPSA) is 52.8 Å². The molecule has 1 aromatic carbocycles. The zero-order valence-corrected chi connectivity index (χ0v) is 18.7. The van der Waals surface area contributed by atoms with Crippen LogP contribution in [0.5, 0.6) is 0 Å². The molecule has 0 N–H and O–H groups in total. The van der Waals surface area contributed by atoms with Crippen LogP contribution >= 0.6 is 0 Å². The van der Waals surface area contributed by atoms with E-state index in [0.717, 1.165) is 56.6 Å². The van der Waals surface area contributed by atoms with Crippen molar-refractivity contribution in [3.8, 4) is 11.1 Å². The van der Waals surface area contributed by atoms with Crippen LogP contribution in [0, 0.1) is 18.6 Å². The van der Waals surface area contributed by atoms with Gasteiger partial charge in [-0.2, -0.15) is 5.10 Å². The number of pyridine rings is 1. The lowest BCUT2D eigenvalue weighted by Gasteiger charge is -2.48. The maximum atomic E-state index is 14.4. The monoisotopic (exact) mass is 449 g/mol. The molecule has 0 aliphatic carbocycles. The van der Waals surface area contributed by atoms with Crippen LogP contribution in [0.3, 0.4) is 0 Å². The number of nitrogens with zero attached hydrogens (tertiary/aromatic N) is 7. The van der Waals surface area contributed by atoms with Crippen LogP contribution in [0.25, 0.3) is 27.7 Å². The third-order valence-electron chi connectivity index (χ3n) is 6.87. The molecule has 2 saturated heterocycles. The lowest BCUT2D eigenvalue weighted by molar-refractivity contribution is 0.0963. The first kappa shape index (κ1) is 20.4. The highest BCUT2D eigenvalue weighted by Crippen LogP contribution is 2.33. The number of halogens is 2. The van der Waals surface area contributed by atoms with Crippen molar-refractivity contribution in [3.05, 3.63) is 54.1 Å². The van der Waals surface area contributed by atoms with E-state index in [9.17, 15) is 8.78 Å². The molecule has 0 bridgehead atoms. The zero-order valence-electron chi connectivity index (χ0n) is 18.7. The van der Waals surface area contributed by atoms with Gasteiger partial charge in [0, 0.05) is 68.0 Å². The van der Waals surface area contributed by atoms with Crippen molar-refractivity contribution in [3.63, 3.8) is 0 Å². The van der Waals surface area contributed by atoms with E-state index >= 15 is 0 Å². The Morgan fingerprint density at radius 1 is 0.970 bits per heavy atom. The van der Waals surface area contributed by atoms with E-state index in [-0.39, 0.29) is 5.52 Å². The van der Waals surface area contributed by atoms with E-state index in [1.165, 1.54) is 6.07 Å². The first-order valence-corrected chi connectivity index (χ1v) is 11.2. The minimum absolute atomic E-state index is 0.151. The summed E-state index contributed by atoms with van der Waals surface area (Å²) in [6.07, 6.45) is 5.54. The third-order valence-corrected chi connectivity index (χ3v) is 6.87. The Kier molecular flexibility index (Phi) is 4.77. The Balaban J connectivity index is 1.30. The molecule has 0 amide bonds. The van der Waals surface area contributed by atoms with Gasteiger partial charge in [0.15, 0.2) is 11.5 Å². The lowest BCUT2D eigenvalue weighted by Crippen LogP contribution is -2.63. The van der Waals surface area contributed by atoms with Crippen LogP contribution in [0.1, 0.15) is 5.69 Å². The minimum Gasteiger partial charge on any atom is -0.366 e. The number of likely N-dealkylation sites (N-methyl/N-ethyl adjacent to an activating group) is 1. The average molecular weight is 450 g/mol. The summed E-state index contributed by atoms with van der Waals surface area (Å²) < 4.78 is 30.1. The Hall–Kier alpha value is -3.17. The van der Waals surface area contributed by atoms with Gasteiger partial charge in [-0.25, -0.2) is 23.3 Å². The van der Waals surface area contributed by atoms with Gasteiger partial charge in [-0.3, -0.25) is 4.90 Å². The second-order valence-corrected chi connectivity index (χ2v) is 9.13. The van der Waals surface area contributed by atoms with E-state index in [1.807, 2.05) is 18.5 Å². The van der Waals surface area contributed by atoms with Gasteiger partial charge in [-0.15, -0.1) is 0 Å². The molecule has 2 aliphatic heterocycles. The molecule has 0 atom stereocenters. The van der Waals surface area contributed by atoms with Gasteiger partial charge in [0.2, 0.25) is 0 Å². The highest BCUT2D eigenvalue weighted by atomic mass is 19.1. The number of anilines is 1. The molecule has 0 unspecified atom stereocenters. The van der Waals surface area contributed by atoms with Gasteiger partial charge < -0.3 is 9.80 Å². The average Bonchev–Trinajstić information content (AvgIpc) is 3.17. The molecule has 6 rings (SSSR count). The van der Waals surface area contributed by atoms with Crippen molar-refractivity contribution in [2.75, 3.05) is 51.2 Å². The quantitative estimate of drug-likeness (QED) is 0.480. The largest absolute Gasteiger partial charge is 0.366 e. The third kappa shape index (κ3) is 3.52. The van der Waals surface area contributed by atoms with Crippen molar-refractivity contribution in [1.82, 2.24) is 29.4 Å². The van der Waals surface area contributed by atoms with Gasteiger partial charge in [0.1, 0.15) is 11.3 Å². The van der Waals surface area contributed by atoms with Crippen molar-refractivity contribution < 1.29 is 8.78 Å². The van der Waals surface area contributed by atoms with Gasteiger partial charge in [0.25, 0.3) is 0 Å². The summed E-state index contributed by atoms with van der Waals surface area (Å²) in [5, 5.41) is 4.91. The van der Waals surface area contributed by atoms with Crippen LogP contribution < -0.4 is 4.90 Å². The van der Waals surface area contributed by atoms with Gasteiger partial charge >= 0.3 is 0 Å². The van der Waals surface area contributed by atoms with Crippen molar-refractivity contribution in [1.29, 1.82) is 0 Å². The fraction of sp³-hybridized carbons (Fsp3) is 0.375. The van der Waals surface area contributed by atoms with Crippen LogP contribution in [-0.2, 0) is 0 Å². The van der Waals surface area contributed by atoms with E-state index in [1.54, 1.807) is 17.6 Å². The lowest BCUT2D eigenvalue weighted by atomic mass is 10.0. The molecule has 0 spiro atoms. The molecular weight excluding hydrogens is 424 g/mol. The molecule has 7 nitrogen and oxygen atoms in total. The summed E-state index contributed by atoms with van der Waals surface area (Å²) in [5.41, 5.74) is 3.86. The second kappa shape index (κ2) is 7.71. The van der Waals surface area contributed by atoms with E-state index in [2.05, 4.69) is 36.8 Å². The Labute approximate surface area is 190 Å². The summed E-state index contributed by atoms with van der Waals surface area (Å²) >= 11 is 0. The Morgan fingerprint density at radius 3 is 2.55 bits per heavy atom. The summed E-state index contributed by atoms with van der Waals surface area (Å²) in [6, 6.07) is 4.58. The molecule has 0 saturated carbocycles. The molecular formula is C24H25F2N7. The number of aryl methyl sites for hydroxylation is 1. The van der Waals surface area contributed by atoms with Gasteiger partial charge in [-0.05, 0) is 31.7 Å². The van der Waals surface area contributed by atoms with E-state index in [0.29, 0.717) is 28.3 Å². The number of benzene rings is 1. The molecule has 0 radical (unpaired) electrons. The standard InChI is InChI=1S/C24H25F2N7/c1-15-7-19(20-8-16(25)9-22(26)23(20)29-15)21-11-28-33-14-17(10-27-24(21)33)32-12-18(13-32)31-5-3-30(2)4-6-31/h7-11,14,18H,3-6,12-13H2,1-2H3. The Bertz CT molecular complexity index is 1350. The zero-order chi connectivity index (χ0) is 22.7. The SMILES string of the molecule is Cc1cc(-c2cnn3cc(N4CC(N5CCN(C)CC5)C4)cnc23)c2cc(F)cc(F)c2n1. The summed E-state index contributed by atoms with van der Waals surface area (Å²) in [5.74, 6) is -1.30. The number of piperazine rings is 1. The van der Waals surface area contributed by atoms with Gasteiger partial charge in [-0.1, -0.05) is 0 Å².